The van der Waals surface area contributed by atoms with E-state index in [-0.39, 0.29) is 5.56 Å². The maximum atomic E-state index is 12.2. The van der Waals surface area contributed by atoms with Gasteiger partial charge in [0.2, 0.25) is 0 Å². The summed E-state index contributed by atoms with van der Waals surface area (Å²) in [5.41, 5.74) is 5.73. The van der Waals surface area contributed by atoms with Gasteiger partial charge in [-0.25, -0.2) is 14.5 Å². The summed E-state index contributed by atoms with van der Waals surface area (Å²) in [6.45, 7) is 4.07. The fourth-order valence-electron chi connectivity index (χ4n) is 3.40. The van der Waals surface area contributed by atoms with Crippen LogP contribution in [0.1, 0.15) is 17.0 Å². The number of imidazole rings is 1. The first-order valence-electron chi connectivity index (χ1n) is 9.11. The molecule has 0 radical (unpaired) electrons. The zero-order valence-electron chi connectivity index (χ0n) is 15.9. The van der Waals surface area contributed by atoms with Crippen LogP contribution < -0.4 is 5.56 Å². The van der Waals surface area contributed by atoms with E-state index in [0.717, 1.165) is 38.9 Å². The molecule has 0 spiro atoms. The summed E-state index contributed by atoms with van der Waals surface area (Å²) < 4.78 is 3.47. The molecule has 0 bridgehead atoms. The lowest BCUT2D eigenvalue weighted by atomic mass is 10.1. The second-order valence-corrected chi connectivity index (χ2v) is 8.58. The van der Waals surface area contributed by atoms with Crippen molar-refractivity contribution in [2.45, 2.75) is 24.8 Å². The number of rotatable bonds is 4. The molecule has 5 rings (SSSR count). The molecule has 0 aliphatic rings. The Morgan fingerprint density at radius 3 is 2.76 bits per heavy atom. The first-order valence-corrected chi connectivity index (χ1v) is 11.0. The lowest BCUT2D eigenvalue weighted by molar-refractivity contribution is 0.792. The first-order chi connectivity index (χ1) is 14.1. The third kappa shape index (κ3) is 3.24. The van der Waals surface area contributed by atoms with Crippen LogP contribution in [0, 0.1) is 13.8 Å². The highest BCUT2D eigenvalue weighted by Gasteiger charge is 2.17. The summed E-state index contributed by atoms with van der Waals surface area (Å²) in [6.07, 6.45) is 1.75. The molecule has 6 nitrogen and oxygen atoms in total. The zero-order valence-corrected chi connectivity index (χ0v) is 17.5. The average Bonchev–Trinajstić information content (AvgIpc) is 3.32. The van der Waals surface area contributed by atoms with E-state index in [1.165, 1.54) is 23.1 Å². The van der Waals surface area contributed by atoms with Gasteiger partial charge in [-0.05, 0) is 25.5 Å². The third-order valence-electron chi connectivity index (χ3n) is 4.63. The van der Waals surface area contributed by atoms with Gasteiger partial charge in [0.05, 0.1) is 22.6 Å². The second kappa shape index (κ2) is 7.13. The van der Waals surface area contributed by atoms with Gasteiger partial charge in [0.15, 0.2) is 10.1 Å². The molecule has 0 fully saturated rings. The van der Waals surface area contributed by atoms with Gasteiger partial charge in [0.25, 0.3) is 5.56 Å². The van der Waals surface area contributed by atoms with E-state index in [9.17, 15) is 4.79 Å². The summed E-state index contributed by atoms with van der Waals surface area (Å²) in [4.78, 5) is 22.5. The van der Waals surface area contributed by atoms with E-state index in [4.69, 9.17) is 10.1 Å². The second-order valence-electron chi connectivity index (χ2n) is 6.77. The van der Waals surface area contributed by atoms with Gasteiger partial charge in [-0.1, -0.05) is 42.1 Å². The van der Waals surface area contributed by atoms with E-state index in [1.54, 1.807) is 16.7 Å². The third-order valence-corrected chi connectivity index (χ3v) is 6.35. The maximum absolute atomic E-state index is 12.2. The van der Waals surface area contributed by atoms with E-state index < -0.39 is 0 Å². The molecule has 8 heteroatoms. The monoisotopic (exact) mass is 419 g/mol. The Hall–Kier alpha value is -2.97. The molecular weight excluding hydrogens is 402 g/mol. The predicted octanol–water partition coefficient (Wildman–Crippen LogP) is 4.37. The molecule has 4 heterocycles. The van der Waals surface area contributed by atoms with Crippen LogP contribution in [-0.2, 0) is 5.75 Å². The molecule has 0 N–H and O–H groups in total. The van der Waals surface area contributed by atoms with E-state index in [2.05, 4.69) is 30.1 Å². The fraction of sp³-hybridized carbons (Fsp3) is 0.143. The van der Waals surface area contributed by atoms with E-state index >= 15 is 0 Å². The summed E-state index contributed by atoms with van der Waals surface area (Å²) in [5, 5.41) is 7.36. The minimum Gasteiger partial charge on any atom is -0.269 e. The number of thioether (sulfide) groups is 1. The molecule has 0 aliphatic carbocycles. The maximum Gasteiger partial charge on any atom is 0.258 e. The Kier molecular flexibility index (Phi) is 4.44. The van der Waals surface area contributed by atoms with Crippen molar-refractivity contribution in [3.63, 3.8) is 0 Å². The number of aromatic nitrogens is 5. The number of hydrogen-bond acceptors (Lipinski definition) is 6. The number of thiazole rings is 1. The highest BCUT2D eigenvalue weighted by molar-refractivity contribution is 7.98. The minimum atomic E-state index is -0.0605. The van der Waals surface area contributed by atoms with Crippen LogP contribution >= 0.6 is 23.1 Å². The van der Waals surface area contributed by atoms with Gasteiger partial charge in [-0.2, -0.15) is 5.10 Å². The van der Waals surface area contributed by atoms with Crippen molar-refractivity contribution in [3.8, 4) is 11.3 Å². The fourth-order valence-corrected chi connectivity index (χ4v) is 4.97. The summed E-state index contributed by atoms with van der Waals surface area (Å²) >= 11 is 2.99. The number of benzene rings is 1. The van der Waals surface area contributed by atoms with Gasteiger partial charge in [0.1, 0.15) is 0 Å². The van der Waals surface area contributed by atoms with Crippen molar-refractivity contribution in [2.24, 2.45) is 0 Å². The lowest BCUT2D eigenvalue weighted by Crippen LogP contribution is -2.12. The normalized spacial score (nSPS) is 11.5. The van der Waals surface area contributed by atoms with Crippen molar-refractivity contribution >= 4 is 33.6 Å². The lowest BCUT2D eigenvalue weighted by Gasteiger charge is -2.04. The predicted molar refractivity (Wildman–Crippen MR) is 117 cm³/mol. The van der Waals surface area contributed by atoms with Gasteiger partial charge >= 0.3 is 0 Å². The Labute approximate surface area is 174 Å². The molecule has 144 valence electrons. The zero-order chi connectivity index (χ0) is 20.0. The van der Waals surface area contributed by atoms with Crippen LogP contribution in [0.5, 0.6) is 0 Å². The molecular formula is C21H17N5OS2. The Morgan fingerprint density at radius 1 is 1.10 bits per heavy atom. The minimum absolute atomic E-state index is 0.0605. The quantitative estimate of drug-likeness (QED) is 0.405. The largest absolute Gasteiger partial charge is 0.269 e. The molecule has 0 unspecified atom stereocenters. The molecule has 0 aliphatic heterocycles. The van der Waals surface area contributed by atoms with Crippen molar-refractivity contribution in [2.75, 3.05) is 0 Å². The van der Waals surface area contributed by atoms with Crippen LogP contribution in [0.3, 0.4) is 0 Å². The topological polar surface area (TPSA) is 64.6 Å². The smallest absolute Gasteiger partial charge is 0.258 e. The van der Waals surface area contributed by atoms with Gasteiger partial charge in [-0.15, -0.1) is 11.3 Å². The standard InChI is InChI=1S/C21H17N5OS2/c1-13-10-14(2)24-26-19(13)18(15-6-4-3-5-7-15)23-21(26)29-12-16-11-17(27)25-8-9-28-20(25)22-16/h3-11H,12H2,1-2H3. The van der Waals surface area contributed by atoms with Crippen molar-refractivity contribution in [1.82, 2.24) is 24.0 Å². The molecule has 0 atom stereocenters. The van der Waals surface area contributed by atoms with E-state index in [0.29, 0.717) is 10.7 Å². The Balaban J connectivity index is 1.58. The Morgan fingerprint density at radius 2 is 1.93 bits per heavy atom. The van der Waals surface area contributed by atoms with Gasteiger partial charge in [0, 0.05) is 29.0 Å². The number of fused-ring (bicyclic) bond motifs is 2. The number of aryl methyl sites for hydroxylation is 2. The van der Waals surface area contributed by atoms with Crippen molar-refractivity contribution in [1.29, 1.82) is 0 Å². The molecule has 0 saturated carbocycles. The summed E-state index contributed by atoms with van der Waals surface area (Å²) in [7, 11) is 0. The summed E-state index contributed by atoms with van der Waals surface area (Å²) in [6, 6.07) is 13.8. The molecule has 5 aromatic rings. The molecule has 0 amide bonds. The molecule has 1 aromatic carbocycles. The molecule has 0 saturated heterocycles. The highest BCUT2D eigenvalue weighted by atomic mass is 32.2. The van der Waals surface area contributed by atoms with Gasteiger partial charge in [-0.3, -0.25) is 9.20 Å². The average molecular weight is 420 g/mol. The number of nitrogens with zero attached hydrogens (tertiary/aromatic N) is 5. The van der Waals surface area contributed by atoms with Crippen molar-refractivity contribution in [3.05, 3.63) is 81.3 Å². The molecule has 29 heavy (non-hydrogen) atoms. The van der Waals surface area contributed by atoms with Crippen LogP contribution in [-0.4, -0.2) is 24.0 Å². The SMILES string of the molecule is Cc1cc(C)c2c(-c3ccccc3)nc(SCc3cc(=O)n4ccsc4n3)n2n1. The van der Waals surface area contributed by atoms with Gasteiger partial charge < -0.3 is 0 Å². The van der Waals surface area contributed by atoms with Crippen LogP contribution in [0.2, 0.25) is 0 Å². The number of hydrogen-bond donors (Lipinski definition) is 0. The summed E-state index contributed by atoms with van der Waals surface area (Å²) in [5.74, 6) is 0.547. The van der Waals surface area contributed by atoms with Crippen molar-refractivity contribution < 1.29 is 0 Å². The Bertz CT molecular complexity index is 1400. The molecule has 4 aromatic heterocycles. The van der Waals surface area contributed by atoms with Crippen LogP contribution in [0.15, 0.2) is 64.0 Å². The van der Waals surface area contributed by atoms with E-state index in [1.807, 2.05) is 35.0 Å². The van der Waals surface area contributed by atoms with Crippen LogP contribution in [0.4, 0.5) is 0 Å². The highest BCUT2D eigenvalue weighted by Crippen LogP contribution is 2.31. The van der Waals surface area contributed by atoms with Crippen LogP contribution in [0.25, 0.3) is 21.7 Å². The first kappa shape index (κ1) is 18.1.